The Hall–Kier alpha value is -2.63. The fourth-order valence-electron chi connectivity index (χ4n) is 2.35. The molecule has 2 N–H and O–H groups in total. The van der Waals surface area contributed by atoms with E-state index in [0.717, 1.165) is 16.9 Å². The fraction of sp³-hybridized carbons (Fsp3) is 0.294. The van der Waals surface area contributed by atoms with Crippen LogP contribution in [0.4, 0.5) is 11.5 Å². The van der Waals surface area contributed by atoms with Crippen molar-refractivity contribution in [2.45, 2.75) is 31.2 Å². The number of carboxylic acids is 1. The van der Waals surface area contributed by atoms with E-state index in [9.17, 15) is 4.79 Å². The molecule has 8 heteroatoms. The number of nitriles is 1. The first-order valence-electron chi connectivity index (χ1n) is 7.75. The minimum absolute atomic E-state index is 0.136. The van der Waals surface area contributed by atoms with Gasteiger partial charge in [0, 0.05) is 23.4 Å². The SMILES string of the molecule is N#Cc1ccc(Nc2nc(SCCCC(=O)O)nc3c2COC3)cc1. The van der Waals surface area contributed by atoms with Crippen LogP contribution in [0.25, 0.3) is 0 Å². The Morgan fingerprint density at radius 2 is 2.12 bits per heavy atom. The molecule has 2 aromatic rings. The van der Waals surface area contributed by atoms with Crippen molar-refractivity contribution in [2.75, 3.05) is 11.1 Å². The number of nitrogens with zero attached hydrogens (tertiary/aromatic N) is 3. The molecule has 0 aliphatic carbocycles. The predicted molar refractivity (Wildman–Crippen MR) is 92.6 cm³/mol. The summed E-state index contributed by atoms with van der Waals surface area (Å²) in [6.45, 7) is 0.903. The molecule has 3 rings (SSSR count). The number of hydrogen-bond acceptors (Lipinski definition) is 7. The number of nitrogens with one attached hydrogen (secondary N) is 1. The molecule has 2 heterocycles. The summed E-state index contributed by atoms with van der Waals surface area (Å²) in [6, 6.07) is 9.21. The van der Waals surface area contributed by atoms with Gasteiger partial charge in [0.1, 0.15) is 5.82 Å². The van der Waals surface area contributed by atoms with Gasteiger partial charge in [-0.1, -0.05) is 11.8 Å². The van der Waals surface area contributed by atoms with E-state index in [2.05, 4.69) is 21.4 Å². The highest BCUT2D eigenvalue weighted by atomic mass is 32.2. The van der Waals surface area contributed by atoms with E-state index in [4.69, 9.17) is 15.1 Å². The molecule has 0 atom stereocenters. The highest BCUT2D eigenvalue weighted by Gasteiger charge is 2.20. The van der Waals surface area contributed by atoms with E-state index in [1.54, 1.807) is 12.1 Å². The summed E-state index contributed by atoms with van der Waals surface area (Å²) < 4.78 is 5.47. The smallest absolute Gasteiger partial charge is 0.303 e. The van der Waals surface area contributed by atoms with Crippen molar-refractivity contribution in [3.05, 3.63) is 41.1 Å². The van der Waals surface area contributed by atoms with Crippen LogP contribution >= 0.6 is 11.8 Å². The zero-order valence-electron chi connectivity index (χ0n) is 13.4. The Morgan fingerprint density at radius 1 is 1.32 bits per heavy atom. The molecule has 0 amide bonds. The molecule has 0 unspecified atom stereocenters. The highest BCUT2D eigenvalue weighted by Crippen LogP contribution is 2.30. The van der Waals surface area contributed by atoms with E-state index in [1.807, 2.05) is 12.1 Å². The maximum atomic E-state index is 10.6. The number of ether oxygens (including phenoxy) is 1. The third-order valence-corrected chi connectivity index (χ3v) is 4.53. The summed E-state index contributed by atoms with van der Waals surface area (Å²) in [7, 11) is 0. The molecule has 0 radical (unpaired) electrons. The third-order valence-electron chi connectivity index (χ3n) is 3.60. The van der Waals surface area contributed by atoms with Crippen molar-refractivity contribution in [2.24, 2.45) is 0 Å². The lowest BCUT2D eigenvalue weighted by Crippen LogP contribution is -2.04. The normalized spacial score (nSPS) is 12.4. The van der Waals surface area contributed by atoms with Crippen LogP contribution in [0.15, 0.2) is 29.4 Å². The van der Waals surface area contributed by atoms with Crippen LogP contribution in [0.1, 0.15) is 29.7 Å². The number of hydrogen-bond donors (Lipinski definition) is 2. The minimum atomic E-state index is -0.799. The summed E-state index contributed by atoms with van der Waals surface area (Å²) in [6.07, 6.45) is 0.701. The lowest BCUT2D eigenvalue weighted by molar-refractivity contribution is -0.137. The van der Waals surface area contributed by atoms with Gasteiger partial charge in [0.05, 0.1) is 30.5 Å². The molecule has 128 valence electrons. The van der Waals surface area contributed by atoms with E-state index in [1.165, 1.54) is 11.8 Å². The number of thioether (sulfide) groups is 1. The van der Waals surface area contributed by atoms with E-state index >= 15 is 0 Å². The second kappa shape index (κ2) is 7.96. The van der Waals surface area contributed by atoms with E-state index in [-0.39, 0.29) is 6.42 Å². The molecule has 1 aromatic carbocycles. The number of anilines is 2. The topological polar surface area (TPSA) is 108 Å². The van der Waals surface area contributed by atoms with Gasteiger partial charge in [-0.3, -0.25) is 4.79 Å². The molecular weight excluding hydrogens is 340 g/mol. The van der Waals surface area contributed by atoms with Crippen LogP contribution in [-0.2, 0) is 22.7 Å². The first-order valence-corrected chi connectivity index (χ1v) is 8.73. The predicted octanol–water partition coefficient (Wildman–Crippen LogP) is 3.08. The van der Waals surface area contributed by atoms with Crippen molar-refractivity contribution in [1.29, 1.82) is 5.26 Å². The van der Waals surface area contributed by atoms with Gasteiger partial charge < -0.3 is 15.2 Å². The largest absolute Gasteiger partial charge is 0.481 e. The van der Waals surface area contributed by atoms with Crippen LogP contribution < -0.4 is 5.32 Å². The molecule has 1 aromatic heterocycles. The molecule has 0 bridgehead atoms. The molecular formula is C17H16N4O3S. The first kappa shape index (κ1) is 17.2. The zero-order valence-corrected chi connectivity index (χ0v) is 14.2. The van der Waals surface area contributed by atoms with Gasteiger partial charge >= 0.3 is 5.97 Å². The molecule has 0 saturated carbocycles. The van der Waals surface area contributed by atoms with Crippen molar-refractivity contribution in [1.82, 2.24) is 9.97 Å². The van der Waals surface area contributed by atoms with Gasteiger partial charge in [0.25, 0.3) is 0 Å². The van der Waals surface area contributed by atoms with Gasteiger partial charge in [-0.15, -0.1) is 0 Å². The average molecular weight is 356 g/mol. The van der Waals surface area contributed by atoms with Crippen LogP contribution in [0, 0.1) is 11.3 Å². The summed E-state index contributed by atoms with van der Waals surface area (Å²) >= 11 is 1.44. The first-order chi connectivity index (χ1) is 12.2. The average Bonchev–Trinajstić information content (AvgIpc) is 3.08. The molecule has 0 fully saturated rings. The van der Waals surface area contributed by atoms with Gasteiger partial charge in [-0.05, 0) is 30.7 Å². The third kappa shape index (κ3) is 4.47. The lowest BCUT2D eigenvalue weighted by atomic mass is 10.2. The Kier molecular flexibility index (Phi) is 5.48. The molecule has 1 aliphatic rings. The molecule has 7 nitrogen and oxygen atoms in total. The van der Waals surface area contributed by atoms with E-state index in [0.29, 0.717) is 41.9 Å². The van der Waals surface area contributed by atoms with Gasteiger partial charge in [0.15, 0.2) is 5.16 Å². The number of benzene rings is 1. The molecule has 0 spiro atoms. The maximum Gasteiger partial charge on any atom is 0.303 e. The van der Waals surface area contributed by atoms with Gasteiger partial charge in [-0.2, -0.15) is 5.26 Å². The van der Waals surface area contributed by atoms with Crippen molar-refractivity contribution in [3.8, 4) is 6.07 Å². The van der Waals surface area contributed by atoms with Gasteiger partial charge in [-0.25, -0.2) is 9.97 Å². The quantitative estimate of drug-likeness (QED) is 0.443. The van der Waals surface area contributed by atoms with Crippen molar-refractivity contribution in [3.63, 3.8) is 0 Å². The Morgan fingerprint density at radius 3 is 2.84 bits per heavy atom. The van der Waals surface area contributed by atoms with Crippen LogP contribution in [-0.4, -0.2) is 26.8 Å². The number of fused-ring (bicyclic) bond motifs is 1. The molecule has 1 aliphatic heterocycles. The van der Waals surface area contributed by atoms with Crippen LogP contribution in [0.3, 0.4) is 0 Å². The molecule has 25 heavy (non-hydrogen) atoms. The fourth-order valence-corrected chi connectivity index (χ4v) is 3.15. The summed E-state index contributed by atoms with van der Waals surface area (Å²) in [5, 5.41) is 21.4. The number of carboxylic acid groups (broad SMARTS) is 1. The summed E-state index contributed by atoms with van der Waals surface area (Å²) in [5.74, 6) is 0.530. The number of aliphatic carboxylic acids is 1. The van der Waals surface area contributed by atoms with Crippen molar-refractivity contribution >= 4 is 29.2 Å². The summed E-state index contributed by atoms with van der Waals surface area (Å²) in [4.78, 5) is 19.6. The monoisotopic (exact) mass is 356 g/mol. The Balaban J connectivity index is 1.75. The highest BCUT2D eigenvalue weighted by molar-refractivity contribution is 7.99. The second-order valence-electron chi connectivity index (χ2n) is 5.43. The second-order valence-corrected chi connectivity index (χ2v) is 6.49. The Labute approximate surface area is 149 Å². The lowest BCUT2D eigenvalue weighted by Gasteiger charge is -2.11. The van der Waals surface area contributed by atoms with Gasteiger partial charge in [0.2, 0.25) is 0 Å². The zero-order chi connectivity index (χ0) is 17.6. The Bertz CT molecular complexity index is 818. The molecule has 0 saturated heterocycles. The van der Waals surface area contributed by atoms with Crippen LogP contribution in [0.5, 0.6) is 0 Å². The number of rotatable bonds is 7. The maximum absolute atomic E-state index is 10.6. The van der Waals surface area contributed by atoms with E-state index < -0.39 is 5.97 Å². The summed E-state index contributed by atoms with van der Waals surface area (Å²) in [5.41, 5.74) is 3.20. The van der Waals surface area contributed by atoms with Crippen molar-refractivity contribution < 1.29 is 14.6 Å². The van der Waals surface area contributed by atoms with Crippen LogP contribution in [0.2, 0.25) is 0 Å². The number of carbonyl (C=O) groups is 1. The minimum Gasteiger partial charge on any atom is -0.481 e. The number of aromatic nitrogens is 2. The standard InChI is InChI=1S/C17H16N4O3S/c18-8-11-3-5-12(6-4-11)19-16-13-9-24-10-14(13)20-17(21-16)25-7-1-2-15(22)23/h3-6H,1-2,7,9-10H2,(H,22,23)(H,19,20,21).